The fourth-order valence-corrected chi connectivity index (χ4v) is 3.73. The maximum Gasteiger partial charge on any atom is 0.267 e. The molecule has 1 aromatic heterocycles. The van der Waals surface area contributed by atoms with Crippen molar-refractivity contribution in [2.24, 2.45) is 5.73 Å². The number of aromatic nitrogens is 1. The highest BCUT2D eigenvalue weighted by atomic mass is 19.2. The predicted molar refractivity (Wildman–Crippen MR) is 107 cm³/mol. The second-order valence-corrected chi connectivity index (χ2v) is 6.97. The van der Waals surface area contributed by atoms with Gasteiger partial charge in [0.05, 0.1) is 25.2 Å². The van der Waals surface area contributed by atoms with Crippen LogP contribution in [0.3, 0.4) is 0 Å². The Morgan fingerprint density at radius 1 is 1.29 bits per heavy atom. The van der Waals surface area contributed by atoms with Gasteiger partial charge < -0.3 is 25.3 Å². The molecule has 10 heteroatoms. The maximum atomic E-state index is 14.4. The summed E-state index contributed by atoms with van der Waals surface area (Å²) in [6, 6.07) is 5.13. The van der Waals surface area contributed by atoms with E-state index in [1.807, 2.05) is 0 Å². The van der Waals surface area contributed by atoms with E-state index in [2.05, 4.69) is 10.3 Å². The number of benzene rings is 1. The van der Waals surface area contributed by atoms with E-state index in [9.17, 15) is 18.4 Å². The highest BCUT2D eigenvalue weighted by Gasteiger charge is 2.49. The lowest BCUT2D eigenvalue weighted by molar-refractivity contribution is -0.127. The number of primary amides is 1. The second-order valence-electron chi connectivity index (χ2n) is 6.97. The Morgan fingerprint density at radius 3 is 2.68 bits per heavy atom. The third-order valence-electron chi connectivity index (χ3n) is 5.05. The lowest BCUT2D eigenvalue weighted by atomic mass is 9.87. The number of carbonyl (C=O) groups excluding carboxylic acids is 2. The lowest BCUT2D eigenvalue weighted by Gasteiger charge is -2.25. The number of nitrogens with one attached hydrogen (secondary N) is 1. The van der Waals surface area contributed by atoms with E-state index in [0.717, 1.165) is 6.07 Å². The first-order chi connectivity index (χ1) is 14.8. The molecule has 166 valence electrons. The van der Waals surface area contributed by atoms with Crippen LogP contribution in [0.4, 0.5) is 14.5 Å². The fraction of sp³-hybridized carbons (Fsp3) is 0.381. The maximum absolute atomic E-state index is 14.4. The van der Waals surface area contributed by atoms with Gasteiger partial charge in [-0.25, -0.2) is 4.39 Å². The second kappa shape index (κ2) is 9.36. The molecule has 0 bridgehead atoms. The van der Waals surface area contributed by atoms with Crippen molar-refractivity contribution in [2.75, 3.05) is 19.0 Å². The SMILES string of the molecule is CCO[C@H]1[C@@H](c2ccc(F)c(F)c2OC)[C@H](C(=O)Nc2ccnc(C(N)=O)c2)O[C@H]1C. The van der Waals surface area contributed by atoms with E-state index in [1.54, 1.807) is 13.8 Å². The molecule has 31 heavy (non-hydrogen) atoms. The van der Waals surface area contributed by atoms with Gasteiger partial charge in [0.25, 0.3) is 11.8 Å². The number of nitrogens with zero attached hydrogens (tertiary/aromatic N) is 1. The van der Waals surface area contributed by atoms with Crippen molar-refractivity contribution in [3.63, 3.8) is 0 Å². The number of hydrogen-bond acceptors (Lipinski definition) is 6. The molecule has 1 saturated heterocycles. The standard InChI is InChI=1S/C21H23F2N3O5/c1-4-30-17-10(2)31-19(15(17)12-5-6-13(22)16(23)18(12)29-3)21(28)26-11-7-8-25-14(9-11)20(24)27/h5-10,15,17,19H,4H2,1-3H3,(H2,24,27)(H,25,26,28)/t10-,15+,17+,19+/m0/s1. The van der Waals surface area contributed by atoms with E-state index < -0.39 is 47.7 Å². The molecule has 8 nitrogen and oxygen atoms in total. The monoisotopic (exact) mass is 435 g/mol. The molecule has 0 aliphatic carbocycles. The predicted octanol–water partition coefficient (Wildman–Crippen LogP) is 2.38. The Bertz CT molecular complexity index is 987. The molecular formula is C21H23F2N3O5. The Hall–Kier alpha value is -3.11. The van der Waals surface area contributed by atoms with Gasteiger partial charge in [0, 0.05) is 24.1 Å². The van der Waals surface area contributed by atoms with Crippen LogP contribution in [0.1, 0.15) is 35.8 Å². The number of pyridine rings is 1. The normalized spacial score (nSPS) is 22.9. The van der Waals surface area contributed by atoms with Crippen LogP contribution >= 0.6 is 0 Å². The molecule has 1 aromatic carbocycles. The molecule has 1 aliphatic rings. The number of nitrogens with two attached hydrogens (primary N) is 1. The van der Waals surface area contributed by atoms with Gasteiger partial charge in [-0.05, 0) is 32.0 Å². The zero-order valence-electron chi connectivity index (χ0n) is 17.2. The minimum Gasteiger partial charge on any atom is -0.493 e. The number of methoxy groups -OCH3 is 1. The van der Waals surface area contributed by atoms with Gasteiger partial charge in [0.15, 0.2) is 11.6 Å². The van der Waals surface area contributed by atoms with Gasteiger partial charge in [-0.1, -0.05) is 6.07 Å². The Kier molecular flexibility index (Phi) is 6.81. The van der Waals surface area contributed by atoms with Crippen LogP contribution in [0.5, 0.6) is 5.75 Å². The van der Waals surface area contributed by atoms with Crippen LogP contribution in [-0.2, 0) is 14.3 Å². The lowest BCUT2D eigenvalue weighted by Crippen LogP contribution is -2.35. The summed E-state index contributed by atoms with van der Waals surface area (Å²) in [6.07, 6.45) is -0.905. The Balaban J connectivity index is 1.98. The van der Waals surface area contributed by atoms with Crippen molar-refractivity contribution >= 4 is 17.5 Å². The topological polar surface area (TPSA) is 113 Å². The zero-order valence-corrected chi connectivity index (χ0v) is 17.2. The third-order valence-corrected chi connectivity index (χ3v) is 5.05. The van der Waals surface area contributed by atoms with E-state index in [4.69, 9.17) is 19.9 Å². The third kappa shape index (κ3) is 4.49. The molecule has 1 aliphatic heterocycles. The van der Waals surface area contributed by atoms with Gasteiger partial charge in [-0.2, -0.15) is 4.39 Å². The summed E-state index contributed by atoms with van der Waals surface area (Å²) in [5.74, 6) is -4.64. The number of hydrogen-bond donors (Lipinski definition) is 2. The average molecular weight is 435 g/mol. The minimum absolute atomic E-state index is 0.0236. The number of anilines is 1. The largest absolute Gasteiger partial charge is 0.493 e. The van der Waals surface area contributed by atoms with Gasteiger partial charge in [-0.3, -0.25) is 14.6 Å². The van der Waals surface area contributed by atoms with E-state index >= 15 is 0 Å². The van der Waals surface area contributed by atoms with Crippen molar-refractivity contribution in [3.05, 3.63) is 53.4 Å². The quantitative estimate of drug-likeness (QED) is 0.691. The molecule has 3 rings (SSSR count). The molecule has 4 atom stereocenters. The van der Waals surface area contributed by atoms with Crippen LogP contribution in [0.25, 0.3) is 0 Å². The van der Waals surface area contributed by atoms with Gasteiger partial charge >= 0.3 is 0 Å². The number of halogens is 2. The number of rotatable bonds is 7. The van der Waals surface area contributed by atoms with Crippen molar-refractivity contribution in [1.29, 1.82) is 0 Å². The number of ether oxygens (including phenoxy) is 3. The Labute approximate surface area is 177 Å². The summed E-state index contributed by atoms with van der Waals surface area (Å²) in [7, 11) is 1.22. The van der Waals surface area contributed by atoms with Crippen molar-refractivity contribution in [3.8, 4) is 5.75 Å². The molecule has 2 aromatic rings. The molecule has 0 saturated carbocycles. The molecule has 2 amide bonds. The van der Waals surface area contributed by atoms with Gasteiger partial charge in [0.1, 0.15) is 11.8 Å². The average Bonchev–Trinajstić information content (AvgIpc) is 3.06. The smallest absolute Gasteiger partial charge is 0.267 e. The zero-order chi connectivity index (χ0) is 22.7. The van der Waals surface area contributed by atoms with Crippen LogP contribution in [-0.4, -0.2) is 48.8 Å². The van der Waals surface area contributed by atoms with E-state index in [1.165, 1.54) is 31.5 Å². The molecule has 0 spiro atoms. The summed E-state index contributed by atoms with van der Waals surface area (Å²) >= 11 is 0. The van der Waals surface area contributed by atoms with E-state index in [-0.39, 0.29) is 22.7 Å². The minimum atomic E-state index is -1.16. The van der Waals surface area contributed by atoms with E-state index in [0.29, 0.717) is 6.61 Å². The molecule has 2 heterocycles. The first-order valence-corrected chi connectivity index (χ1v) is 9.64. The number of carbonyl (C=O) groups is 2. The number of amides is 2. The van der Waals surface area contributed by atoms with Gasteiger partial charge in [-0.15, -0.1) is 0 Å². The highest BCUT2D eigenvalue weighted by Crippen LogP contribution is 2.43. The van der Waals surface area contributed by atoms with Crippen LogP contribution in [0.2, 0.25) is 0 Å². The summed E-state index contributed by atoms with van der Waals surface area (Å²) in [5, 5.41) is 2.65. The molecule has 3 N–H and O–H groups in total. The summed E-state index contributed by atoms with van der Waals surface area (Å²) < 4.78 is 44.9. The molecule has 0 radical (unpaired) electrons. The highest BCUT2D eigenvalue weighted by molar-refractivity contribution is 5.97. The first-order valence-electron chi connectivity index (χ1n) is 9.64. The Morgan fingerprint density at radius 2 is 2.03 bits per heavy atom. The summed E-state index contributed by atoms with van der Waals surface area (Å²) in [6.45, 7) is 3.83. The van der Waals surface area contributed by atoms with Gasteiger partial charge in [0.2, 0.25) is 5.82 Å². The summed E-state index contributed by atoms with van der Waals surface area (Å²) in [5.41, 5.74) is 5.73. The van der Waals surface area contributed by atoms with Crippen molar-refractivity contribution in [2.45, 2.75) is 38.1 Å². The molecule has 0 unspecified atom stereocenters. The van der Waals surface area contributed by atoms with Crippen LogP contribution < -0.4 is 15.8 Å². The van der Waals surface area contributed by atoms with Crippen LogP contribution in [0, 0.1) is 11.6 Å². The van der Waals surface area contributed by atoms with Crippen LogP contribution in [0.15, 0.2) is 30.5 Å². The summed E-state index contributed by atoms with van der Waals surface area (Å²) in [4.78, 5) is 28.3. The molecular weight excluding hydrogens is 412 g/mol. The molecule has 1 fully saturated rings. The van der Waals surface area contributed by atoms with Crippen molar-refractivity contribution < 1.29 is 32.6 Å². The van der Waals surface area contributed by atoms with Crippen molar-refractivity contribution in [1.82, 2.24) is 4.98 Å². The first kappa shape index (κ1) is 22.6. The fourth-order valence-electron chi connectivity index (χ4n) is 3.73.